The summed E-state index contributed by atoms with van der Waals surface area (Å²) in [7, 11) is 3.79. The Labute approximate surface area is 161 Å². The molecule has 0 spiro atoms. The minimum Gasteiger partial charge on any atom is -0.497 e. The van der Waals surface area contributed by atoms with Crippen LogP contribution in [-0.2, 0) is 6.42 Å². The molecule has 0 saturated carbocycles. The molecule has 3 rings (SSSR count). The number of rotatable bonds is 7. The number of likely N-dealkylation sites (N-methyl/N-ethyl adjacent to an activating group) is 1. The van der Waals surface area contributed by atoms with Gasteiger partial charge in [-0.05, 0) is 43.3 Å². The fraction of sp³-hybridized carbons (Fsp3) is 0.409. The van der Waals surface area contributed by atoms with Crippen molar-refractivity contribution in [3.05, 3.63) is 65.7 Å². The highest BCUT2D eigenvalue weighted by molar-refractivity contribution is 5.94. The lowest BCUT2D eigenvalue weighted by molar-refractivity contribution is 0.0886. The first-order valence-electron chi connectivity index (χ1n) is 9.54. The largest absolute Gasteiger partial charge is 0.497 e. The predicted molar refractivity (Wildman–Crippen MR) is 108 cm³/mol. The first-order chi connectivity index (χ1) is 13.2. The van der Waals surface area contributed by atoms with E-state index in [0.717, 1.165) is 38.3 Å². The molecule has 2 aromatic rings. The molecular weight excluding hydrogens is 338 g/mol. The van der Waals surface area contributed by atoms with E-state index in [1.54, 1.807) is 19.2 Å². The first kappa shape index (κ1) is 19.4. The summed E-state index contributed by atoms with van der Waals surface area (Å²) >= 11 is 0. The molecule has 0 radical (unpaired) electrons. The Hall–Kier alpha value is -2.37. The Morgan fingerprint density at radius 2 is 1.70 bits per heavy atom. The smallest absolute Gasteiger partial charge is 0.251 e. The van der Waals surface area contributed by atoms with Gasteiger partial charge in [-0.25, -0.2) is 0 Å². The quantitative estimate of drug-likeness (QED) is 0.816. The van der Waals surface area contributed by atoms with Crippen molar-refractivity contribution in [1.82, 2.24) is 15.1 Å². The molecule has 1 atom stereocenters. The molecule has 1 N–H and O–H groups in total. The van der Waals surface area contributed by atoms with Crippen molar-refractivity contribution in [1.29, 1.82) is 0 Å². The third kappa shape index (κ3) is 5.55. The second-order valence-electron chi connectivity index (χ2n) is 7.12. The molecule has 1 saturated heterocycles. The number of benzene rings is 2. The summed E-state index contributed by atoms with van der Waals surface area (Å²) in [6.07, 6.45) is 0.938. The van der Waals surface area contributed by atoms with Crippen molar-refractivity contribution in [2.75, 3.05) is 46.9 Å². The van der Waals surface area contributed by atoms with Crippen LogP contribution in [0.15, 0.2) is 54.6 Å². The van der Waals surface area contributed by atoms with Crippen LogP contribution in [0.5, 0.6) is 5.75 Å². The van der Waals surface area contributed by atoms with E-state index in [4.69, 9.17) is 4.74 Å². The van der Waals surface area contributed by atoms with Crippen molar-refractivity contribution >= 4 is 5.91 Å². The topological polar surface area (TPSA) is 44.8 Å². The van der Waals surface area contributed by atoms with Crippen molar-refractivity contribution in [2.45, 2.75) is 12.5 Å². The van der Waals surface area contributed by atoms with Gasteiger partial charge in [0.05, 0.1) is 7.11 Å². The number of amides is 1. The molecule has 144 valence electrons. The number of ether oxygens (including phenoxy) is 1. The van der Waals surface area contributed by atoms with Crippen LogP contribution in [0.3, 0.4) is 0 Å². The molecule has 1 heterocycles. The van der Waals surface area contributed by atoms with Crippen LogP contribution in [-0.4, -0.2) is 68.6 Å². The molecule has 0 bridgehead atoms. The number of methoxy groups -OCH3 is 1. The summed E-state index contributed by atoms with van der Waals surface area (Å²) in [5.74, 6) is 0.718. The van der Waals surface area contributed by atoms with E-state index < -0.39 is 0 Å². The molecule has 5 nitrogen and oxygen atoms in total. The molecule has 1 aliphatic heterocycles. The van der Waals surface area contributed by atoms with Gasteiger partial charge in [0.2, 0.25) is 0 Å². The molecule has 1 aliphatic rings. The van der Waals surface area contributed by atoms with Gasteiger partial charge >= 0.3 is 0 Å². The van der Waals surface area contributed by atoms with Crippen LogP contribution in [0, 0.1) is 0 Å². The highest BCUT2D eigenvalue weighted by Crippen LogP contribution is 2.13. The zero-order valence-corrected chi connectivity index (χ0v) is 16.2. The second kappa shape index (κ2) is 9.53. The normalized spacial score (nSPS) is 16.7. The van der Waals surface area contributed by atoms with E-state index in [1.807, 2.05) is 18.2 Å². The second-order valence-corrected chi connectivity index (χ2v) is 7.12. The molecule has 27 heavy (non-hydrogen) atoms. The molecular formula is C22H29N3O2. The van der Waals surface area contributed by atoms with Crippen molar-refractivity contribution in [3.63, 3.8) is 0 Å². The molecule has 0 aromatic heterocycles. The van der Waals surface area contributed by atoms with Gasteiger partial charge in [-0.15, -0.1) is 0 Å². The number of carbonyl (C=O) groups excluding carboxylic acids is 1. The maximum absolute atomic E-state index is 12.6. The maximum Gasteiger partial charge on any atom is 0.251 e. The zero-order valence-electron chi connectivity index (χ0n) is 16.2. The fourth-order valence-electron chi connectivity index (χ4n) is 3.46. The Morgan fingerprint density at radius 1 is 1.04 bits per heavy atom. The van der Waals surface area contributed by atoms with Crippen LogP contribution in [0.1, 0.15) is 15.9 Å². The van der Waals surface area contributed by atoms with Crippen LogP contribution >= 0.6 is 0 Å². The highest BCUT2D eigenvalue weighted by atomic mass is 16.5. The van der Waals surface area contributed by atoms with Crippen molar-refractivity contribution in [3.8, 4) is 5.75 Å². The number of carbonyl (C=O) groups is 1. The third-order valence-electron chi connectivity index (χ3n) is 5.22. The molecule has 2 aromatic carbocycles. The van der Waals surface area contributed by atoms with E-state index in [0.29, 0.717) is 18.2 Å². The van der Waals surface area contributed by atoms with Gasteiger partial charge in [-0.1, -0.05) is 30.3 Å². The van der Waals surface area contributed by atoms with Crippen LogP contribution in [0.2, 0.25) is 0 Å². The molecule has 5 heteroatoms. The number of nitrogens with zero attached hydrogens (tertiary/aromatic N) is 2. The monoisotopic (exact) mass is 367 g/mol. The number of hydrogen-bond acceptors (Lipinski definition) is 4. The number of piperazine rings is 1. The van der Waals surface area contributed by atoms with Gasteiger partial charge in [0, 0.05) is 44.3 Å². The summed E-state index contributed by atoms with van der Waals surface area (Å²) < 4.78 is 5.16. The lowest BCUT2D eigenvalue weighted by Gasteiger charge is -2.38. The van der Waals surface area contributed by atoms with E-state index in [2.05, 4.69) is 46.4 Å². The zero-order chi connectivity index (χ0) is 19.1. The lowest BCUT2D eigenvalue weighted by Crippen LogP contribution is -2.53. The van der Waals surface area contributed by atoms with Gasteiger partial charge in [0.15, 0.2) is 0 Å². The van der Waals surface area contributed by atoms with Gasteiger partial charge in [0.25, 0.3) is 5.91 Å². The van der Waals surface area contributed by atoms with E-state index in [9.17, 15) is 4.79 Å². The molecule has 1 amide bonds. The summed E-state index contributed by atoms with van der Waals surface area (Å²) in [4.78, 5) is 17.4. The summed E-state index contributed by atoms with van der Waals surface area (Å²) in [6, 6.07) is 18.0. The van der Waals surface area contributed by atoms with Gasteiger partial charge in [-0.2, -0.15) is 0 Å². The minimum atomic E-state index is -0.0372. The average Bonchev–Trinajstić information content (AvgIpc) is 2.72. The summed E-state index contributed by atoms with van der Waals surface area (Å²) in [6.45, 7) is 4.84. The van der Waals surface area contributed by atoms with Crippen molar-refractivity contribution in [2.24, 2.45) is 0 Å². The Kier molecular flexibility index (Phi) is 6.85. The minimum absolute atomic E-state index is 0.0372. The first-order valence-corrected chi connectivity index (χ1v) is 9.54. The van der Waals surface area contributed by atoms with Gasteiger partial charge in [0.1, 0.15) is 5.75 Å². The van der Waals surface area contributed by atoms with Crippen LogP contribution < -0.4 is 10.1 Å². The van der Waals surface area contributed by atoms with E-state index in [-0.39, 0.29) is 5.91 Å². The van der Waals surface area contributed by atoms with Gasteiger partial charge < -0.3 is 15.0 Å². The lowest BCUT2D eigenvalue weighted by atomic mass is 10.0. The van der Waals surface area contributed by atoms with Crippen LogP contribution in [0.4, 0.5) is 0 Å². The van der Waals surface area contributed by atoms with Gasteiger partial charge in [-0.3, -0.25) is 9.69 Å². The van der Waals surface area contributed by atoms with E-state index in [1.165, 1.54) is 5.56 Å². The van der Waals surface area contributed by atoms with E-state index >= 15 is 0 Å². The Balaban J connectivity index is 1.63. The summed E-state index contributed by atoms with van der Waals surface area (Å²) in [5, 5.41) is 3.13. The third-order valence-corrected chi connectivity index (χ3v) is 5.22. The van der Waals surface area contributed by atoms with Crippen LogP contribution in [0.25, 0.3) is 0 Å². The molecule has 1 fully saturated rings. The molecule has 0 aliphatic carbocycles. The maximum atomic E-state index is 12.6. The highest BCUT2D eigenvalue weighted by Gasteiger charge is 2.23. The number of hydrogen-bond donors (Lipinski definition) is 1. The predicted octanol–water partition coefficient (Wildman–Crippen LogP) is 2.28. The summed E-state index contributed by atoms with van der Waals surface area (Å²) in [5.41, 5.74) is 1.97. The Bertz CT molecular complexity index is 710. The SMILES string of the molecule is COc1ccc(C(=O)NCC(Cc2ccccc2)N2CCN(C)CC2)cc1. The number of nitrogens with one attached hydrogen (secondary N) is 1. The fourth-order valence-corrected chi connectivity index (χ4v) is 3.46. The molecule has 1 unspecified atom stereocenters. The average molecular weight is 367 g/mol. The standard InChI is InChI=1S/C22H29N3O2/c1-24-12-14-25(15-13-24)20(16-18-6-4-3-5-7-18)17-23-22(26)19-8-10-21(27-2)11-9-19/h3-11,20H,12-17H2,1-2H3,(H,23,26). The Morgan fingerprint density at radius 3 is 2.33 bits per heavy atom. The van der Waals surface area contributed by atoms with Crippen molar-refractivity contribution < 1.29 is 9.53 Å².